The molecule has 1 aliphatic heterocycles. The van der Waals surface area contributed by atoms with E-state index in [1.54, 1.807) is 4.90 Å². The molecule has 1 saturated heterocycles. The van der Waals surface area contributed by atoms with Crippen LogP contribution in [0.4, 0.5) is 0 Å². The summed E-state index contributed by atoms with van der Waals surface area (Å²) in [6, 6.07) is -0.245. The first-order valence-electron chi connectivity index (χ1n) is 7.61. The van der Waals surface area contributed by atoms with E-state index in [4.69, 9.17) is 12.2 Å². The average Bonchev–Trinajstić information content (AvgIpc) is 2.84. The van der Waals surface area contributed by atoms with Gasteiger partial charge < -0.3 is 10.6 Å². The number of sulfone groups is 1. The van der Waals surface area contributed by atoms with Crippen molar-refractivity contribution in [1.82, 2.24) is 4.90 Å². The molecule has 0 aromatic carbocycles. The van der Waals surface area contributed by atoms with Gasteiger partial charge in [-0.05, 0) is 44.6 Å². The molecule has 2 fully saturated rings. The topological polar surface area (TPSA) is 80.5 Å². The second-order valence-electron chi connectivity index (χ2n) is 6.18. The second kappa shape index (κ2) is 6.80. The van der Waals surface area contributed by atoms with Crippen LogP contribution in [0, 0.1) is 24.2 Å². The van der Waals surface area contributed by atoms with Gasteiger partial charge in [0.25, 0.3) is 0 Å². The molecule has 0 spiro atoms. The predicted molar refractivity (Wildman–Crippen MR) is 82.1 cm³/mol. The summed E-state index contributed by atoms with van der Waals surface area (Å²) in [4.78, 5) is 14.3. The molecular weight excluding hydrogens is 288 g/mol. The maximum atomic E-state index is 12.7. The molecule has 5 nitrogen and oxygen atoms in total. The van der Waals surface area contributed by atoms with Gasteiger partial charge in [-0.25, -0.2) is 8.42 Å². The fourth-order valence-corrected chi connectivity index (χ4v) is 5.12. The highest BCUT2D eigenvalue weighted by atomic mass is 32.2. The fourth-order valence-electron chi connectivity index (χ4n) is 3.39. The molecular formula is C15H24N2O3S. The molecule has 2 aliphatic rings. The lowest BCUT2D eigenvalue weighted by molar-refractivity contribution is -0.138. The molecule has 1 heterocycles. The van der Waals surface area contributed by atoms with Crippen LogP contribution in [0.15, 0.2) is 0 Å². The molecule has 1 amide bonds. The molecule has 1 saturated carbocycles. The second-order valence-corrected chi connectivity index (χ2v) is 8.41. The molecule has 1 aliphatic carbocycles. The van der Waals surface area contributed by atoms with Crippen molar-refractivity contribution in [2.45, 2.75) is 38.1 Å². The Morgan fingerprint density at radius 2 is 1.90 bits per heavy atom. The predicted octanol–water partition coefficient (Wildman–Crippen LogP) is 0.400. The first kappa shape index (κ1) is 16.3. The molecule has 0 aromatic rings. The van der Waals surface area contributed by atoms with Gasteiger partial charge >= 0.3 is 0 Å². The Balaban J connectivity index is 2.02. The SMILES string of the molecule is C#CCN(C(=O)C1CCC(CN)CC1)C1CCS(=O)(=O)C1. The number of rotatable bonds is 4. The monoisotopic (exact) mass is 312 g/mol. The van der Waals surface area contributed by atoms with Crippen LogP contribution in [0.2, 0.25) is 0 Å². The zero-order chi connectivity index (χ0) is 15.5. The molecule has 2 N–H and O–H groups in total. The molecule has 21 heavy (non-hydrogen) atoms. The first-order valence-corrected chi connectivity index (χ1v) is 9.43. The highest BCUT2D eigenvalue weighted by Gasteiger charge is 2.37. The van der Waals surface area contributed by atoms with Gasteiger partial charge in [-0.15, -0.1) is 6.42 Å². The van der Waals surface area contributed by atoms with E-state index in [-0.39, 0.29) is 35.9 Å². The molecule has 118 valence electrons. The van der Waals surface area contributed by atoms with E-state index >= 15 is 0 Å². The molecule has 6 heteroatoms. The van der Waals surface area contributed by atoms with Gasteiger partial charge in [0, 0.05) is 12.0 Å². The number of carbonyl (C=O) groups is 1. The minimum absolute atomic E-state index is 0.0237. The Hall–Kier alpha value is -1.06. The third-order valence-corrected chi connectivity index (χ3v) is 6.47. The van der Waals surface area contributed by atoms with Crippen LogP contribution in [-0.2, 0) is 14.6 Å². The zero-order valence-electron chi connectivity index (χ0n) is 12.3. The van der Waals surface area contributed by atoms with E-state index in [1.807, 2.05) is 0 Å². The lowest BCUT2D eigenvalue weighted by atomic mass is 9.81. The van der Waals surface area contributed by atoms with Gasteiger partial charge in [0.2, 0.25) is 5.91 Å². The van der Waals surface area contributed by atoms with E-state index in [0.29, 0.717) is 18.9 Å². The highest BCUT2D eigenvalue weighted by molar-refractivity contribution is 7.91. The van der Waals surface area contributed by atoms with Crippen molar-refractivity contribution in [2.75, 3.05) is 24.6 Å². The minimum Gasteiger partial charge on any atom is -0.330 e. The fraction of sp³-hybridized carbons (Fsp3) is 0.800. The van der Waals surface area contributed by atoms with Gasteiger partial charge in [0.1, 0.15) is 0 Å². The van der Waals surface area contributed by atoms with E-state index in [2.05, 4.69) is 5.92 Å². The lowest BCUT2D eigenvalue weighted by Gasteiger charge is -2.33. The third-order valence-electron chi connectivity index (χ3n) is 4.72. The quantitative estimate of drug-likeness (QED) is 0.762. The molecule has 0 aromatic heterocycles. The zero-order valence-corrected chi connectivity index (χ0v) is 13.1. The van der Waals surface area contributed by atoms with Crippen LogP contribution in [-0.4, -0.2) is 49.9 Å². The van der Waals surface area contributed by atoms with Crippen molar-refractivity contribution < 1.29 is 13.2 Å². The third kappa shape index (κ3) is 3.98. The summed E-state index contributed by atoms with van der Waals surface area (Å²) in [5, 5.41) is 0. The van der Waals surface area contributed by atoms with Crippen LogP contribution in [0.1, 0.15) is 32.1 Å². The Morgan fingerprint density at radius 1 is 1.24 bits per heavy atom. The number of nitrogens with zero attached hydrogens (tertiary/aromatic N) is 1. The average molecular weight is 312 g/mol. The first-order chi connectivity index (χ1) is 9.96. The van der Waals surface area contributed by atoms with E-state index in [0.717, 1.165) is 25.7 Å². The van der Waals surface area contributed by atoms with Crippen LogP contribution in [0.5, 0.6) is 0 Å². The Morgan fingerprint density at radius 3 is 2.38 bits per heavy atom. The normalized spacial score (nSPS) is 31.5. The standard InChI is InChI=1S/C15H24N2O3S/c1-2-8-17(14-7-9-21(19,20)11-14)15(18)13-5-3-12(10-16)4-6-13/h1,12-14H,3-11,16H2. The number of hydrogen-bond donors (Lipinski definition) is 1. The summed E-state index contributed by atoms with van der Waals surface area (Å²) in [7, 11) is -3.01. The molecule has 1 atom stereocenters. The van der Waals surface area contributed by atoms with Crippen molar-refractivity contribution >= 4 is 15.7 Å². The van der Waals surface area contributed by atoms with Crippen molar-refractivity contribution in [1.29, 1.82) is 0 Å². The smallest absolute Gasteiger partial charge is 0.226 e. The van der Waals surface area contributed by atoms with Crippen molar-refractivity contribution in [3.63, 3.8) is 0 Å². The van der Waals surface area contributed by atoms with Gasteiger partial charge in [-0.1, -0.05) is 5.92 Å². The number of hydrogen-bond acceptors (Lipinski definition) is 4. The lowest BCUT2D eigenvalue weighted by Crippen LogP contribution is -2.45. The van der Waals surface area contributed by atoms with Crippen LogP contribution >= 0.6 is 0 Å². The Bertz CT molecular complexity index is 516. The van der Waals surface area contributed by atoms with E-state index in [1.165, 1.54) is 0 Å². The Kier molecular flexibility index (Phi) is 5.28. The van der Waals surface area contributed by atoms with Crippen molar-refractivity contribution in [2.24, 2.45) is 17.6 Å². The summed E-state index contributed by atoms with van der Waals surface area (Å²) >= 11 is 0. The summed E-state index contributed by atoms with van der Waals surface area (Å²) in [6.45, 7) is 0.881. The van der Waals surface area contributed by atoms with E-state index < -0.39 is 9.84 Å². The largest absolute Gasteiger partial charge is 0.330 e. The van der Waals surface area contributed by atoms with Crippen LogP contribution < -0.4 is 5.73 Å². The number of amides is 1. The van der Waals surface area contributed by atoms with Crippen LogP contribution in [0.25, 0.3) is 0 Å². The molecule has 0 radical (unpaired) electrons. The molecule has 1 unspecified atom stereocenters. The van der Waals surface area contributed by atoms with Crippen molar-refractivity contribution in [3.05, 3.63) is 0 Å². The summed E-state index contributed by atoms with van der Waals surface area (Å²) in [6.07, 6.45) is 9.49. The number of carbonyl (C=O) groups excluding carboxylic acids is 1. The van der Waals surface area contributed by atoms with Gasteiger partial charge in [0.05, 0.1) is 18.1 Å². The maximum Gasteiger partial charge on any atom is 0.226 e. The van der Waals surface area contributed by atoms with Crippen molar-refractivity contribution in [3.8, 4) is 12.3 Å². The molecule has 2 rings (SSSR count). The van der Waals surface area contributed by atoms with Gasteiger partial charge in [-0.3, -0.25) is 4.79 Å². The Labute approximate surface area is 127 Å². The highest BCUT2D eigenvalue weighted by Crippen LogP contribution is 2.31. The van der Waals surface area contributed by atoms with Gasteiger partial charge in [0.15, 0.2) is 9.84 Å². The van der Waals surface area contributed by atoms with Crippen LogP contribution in [0.3, 0.4) is 0 Å². The number of terminal acetylenes is 1. The summed E-state index contributed by atoms with van der Waals surface area (Å²) in [5.41, 5.74) is 5.67. The number of nitrogens with two attached hydrogens (primary N) is 1. The minimum atomic E-state index is -3.01. The molecule has 0 bridgehead atoms. The maximum absolute atomic E-state index is 12.7. The summed E-state index contributed by atoms with van der Waals surface area (Å²) < 4.78 is 23.3. The van der Waals surface area contributed by atoms with Gasteiger partial charge in [-0.2, -0.15) is 0 Å². The van der Waals surface area contributed by atoms with E-state index in [9.17, 15) is 13.2 Å². The summed E-state index contributed by atoms with van der Waals surface area (Å²) in [5.74, 6) is 3.24.